The number of rotatable bonds is 1. The van der Waals surface area contributed by atoms with Gasteiger partial charge in [0.2, 0.25) is 0 Å². The lowest BCUT2D eigenvalue weighted by atomic mass is 9.83. The smallest absolute Gasteiger partial charge is 0.168 e. The molecule has 0 aromatic heterocycles. The Kier molecular flexibility index (Phi) is 2.37. The summed E-state index contributed by atoms with van der Waals surface area (Å²) in [5.41, 5.74) is 0. The van der Waals surface area contributed by atoms with Crippen LogP contribution in [-0.2, 0) is 9.47 Å². The summed E-state index contributed by atoms with van der Waals surface area (Å²) in [5, 5.41) is 0. The molecule has 1 saturated heterocycles. The molecule has 0 amide bonds. The number of ether oxygens (including phenoxy) is 2. The molecular weight excluding hydrogens is 152 g/mol. The van der Waals surface area contributed by atoms with Crippen molar-refractivity contribution in [1.29, 1.82) is 0 Å². The molecule has 1 saturated carbocycles. The summed E-state index contributed by atoms with van der Waals surface area (Å²) in [7, 11) is 0. The zero-order chi connectivity index (χ0) is 8.44. The highest BCUT2D eigenvalue weighted by atomic mass is 16.7. The molecule has 1 unspecified atom stereocenters. The van der Waals surface area contributed by atoms with E-state index in [1.54, 1.807) is 0 Å². The zero-order valence-corrected chi connectivity index (χ0v) is 7.84. The fourth-order valence-electron chi connectivity index (χ4n) is 2.41. The second kappa shape index (κ2) is 3.35. The van der Waals surface area contributed by atoms with E-state index in [2.05, 4.69) is 6.92 Å². The molecule has 0 radical (unpaired) electrons. The molecule has 1 heterocycles. The Hall–Kier alpha value is -0.0800. The summed E-state index contributed by atoms with van der Waals surface area (Å²) in [5.74, 6) is 0.677. The lowest BCUT2D eigenvalue weighted by molar-refractivity contribution is -0.187. The van der Waals surface area contributed by atoms with Crippen LogP contribution in [0, 0.1) is 5.92 Å². The van der Waals surface area contributed by atoms with Crippen LogP contribution in [0.3, 0.4) is 0 Å². The molecule has 2 aliphatic rings. The van der Waals surface area contributed by atoms with Crippen LogP contribution in [0.15, 0.2) is 0 Å². The lowest BCUT2D eigenvalue weighted by Crippen LogP contribution is -2.36. The fraction of sp³-hybridized carbons (Fsp3) is 1.00. The number of hydrogen-bond donors (Lipinski definition) is 0. The van der Waals surface area contributed by atoms with Gasteiger partial charge in [-0.1, -0.05) is 19.8 Å². The van der Waals surface area contributed by atoms with Gasteiger partial charge < -0.3 is 9.47 Å². The van der Waals surface area contributed by atoms with E-state index in [1.807, 2.05) is 0 Å². The lowest BCUT2D eigenvalue weighted by Gasteiger charge is -2.35. The van der Waals surface area contributed by atoms with Gasteiger partial charge in [0.05, 0.1) is 13.2 Å². The van der Waals surface area contributed by atoms with Gasteiger partial charge in [-0.05, 0) is 12.3 Å². The average Bonchev–Trinajstić information content (AvgIpc) is 2.53. The molecule has 0 bridgehead atoms. The summed E-state index contributed by atoms with van der Waals surface area (Å²) < 4.78 is 11.4. The highest BCUT2D eigenvalue weighted by Gasteiger charge is 2.40. The maximum atomic E-state index is 5.69. The van der Waals surface area contributed by atoms with Crippen LogP contribution >= 0.6 is 0 Å². The zero-order valence-electron chi connectivity index (χ0n) is 7.84. The minimum atomic E-state index is -0.154. The molecule has 1 aliphatic heterocycles. The quantitative estimate of drug-likeness (QED) is 0.601. The molecule has 1 atom stereocenters. The predicted octanol–water partition coefficient (Wildman–Crippen LogP) is 2.33. The Bertz CT molecular complexity index is 150. The molecule has 0 N–H and O–H groups in total. The maximum Gasteiger partial charge on any atom is 0.168 e. The average molecular weight is 170 g/mol. The van der Waals surface area contributed by atoms with Crippen LogP contribution < -0.4 is 0 Å². The molecule has 2 nitrogen and oxygen atoms in total. The van der Waals surface area contributed by atoms with Crippen molar-refractivity contribution in [2.24, 2.45) is 5.92 Å². The monoisotopic (exact) mass is 170 g/mol. The molecule has 1 aliphatic carbocycles. The largest absolute Gasteiger partial charge is 0.348 e. The molecule has 2 fully saturated rings. The van der Waals surface area contributed by atoms with E-state index in [1.165, 1.54) is 19.3 Å². The fourth-order valence-corrected chi connectivity index (χ4v) is 2.41. The van der Waals surface area contributed by atoms with Crippen molar-refractivity contribution >= 4 is 0 Å². The predicted molar refractivity (Wildman–Crippen MR) is 46.9 cm³/mol. The van der Waals surface area contributed by atoms with Crippen molar-refractivity contribution in [3.63, 3.8) is 0 Å². The molecule has 0 aromatic carbocycles. The minimum absolute atomic E-state index is 0.154. The Balaban J connectivity index is 1.97. The van der Waals surface area contributed by atoms with Crippen LogP contribution in [0.1, 0.15) is 39.0 Å². The Morgan fingerprint density at radius 2 is 2.08 bits per heavy atom. The van der Waals surface area contributed by atoms with E-state index in [-0.39, 0.29) is 5.79 Å². The molecular formula is C10H18O2. The van der Waals surface area contributed by atoms with Gasteiger partial charge >= 0.3 is 0 Å². The van der Waals surface area contributed by atoms with Gasteiger partial charge in [0.15, 0.2) is 5.79 Å². The minimum Gasteiger partial charge on any atom is -0.348 e. The van der Waals surface area contributed by atoms with Crippen molar-refractivity contribution in [2.45, 2.75) is 44.8 Å². The van der Waals surface area contributed by atoms with Crippen LogP contribution in [-0.4, -0.2) is 19.0 Å². The topological polar surface area (TPSA) is 18.5 Å². The van der Waals surface area contributed by atoms with Gasteiger partial charge in [0.25, 0.3) is 0 Å². The summed E-state index contributed by atoms with van der Waals surface area (Å²) in [6, 6.07) is 0. The normalized spacial score (nSPS) is 34.2. The van der Waals surface area contributed by atoms with E-state index in [9.17, 15) is 0 Å². The first kappa shape index (κ1) is 8.52. The van der Waals surface area contributed by atoms with Gasteiger partial charge in [0, 0.05) is 12.8 Å². The van der Waals surface area contributed by atoms with Gasteiger partial charge in [-0.3, -0.25) is 0 Å². The summed E-state index contributed by atoms with van der Waals surface area (Å²) >= 11 is 0. The van der Waals surface area contributed by atoms with E-state index in [0.717, 1.165) is 32.0 Å². The maximum absolute atomic E-state index is 5.69. The van der Waals surface area contributed by atoms with Crippen LogP contribution in [0.2, 0.25) is 0 Å². The van der Waals surface area contributed by atoms with Gasteiger partial charge in [-0.15, -0.1) is 0 Å². The molecule has 2 heteroatoms. The van der Waals surface area contributed by atoms with E-state index in [4.69, 9.17) is 9.47 Å². The van der Waals surface area contributed by atoms with Gasteiger partial charge in [-0.25, -0.2) is 0 Å². The van der Waals surface area contributed by atoms with E-state index < -0.39 is 0 Å². The highest BCUT2D eigenvalue weighted by Crippen LogP contribution is 2.39. The molecule has 70 valence electrons. The van der Waals surface area contributed by atoms with Crippen LogP contribution in [0.5, 0.6) is 0 Å². The van der Waals surface area contributed by atoms with Crippen LogP contribution in [0.25, 0.3) is 0 Å². The second-order valence-corrected chi connectivity index (χ2v) is 3.98. The van der Waals surface area contributed by atoms with Crippen molar-refractivity contribution in [1.82, 2.24) is 0 Å². The summed E-state index contributed by atoms with van der Waals surface area (Å²) in [6.07, 6.45) is 6.16. The molecule has 2 rings (SSSR count). The highest BCUT2D eigenvalue weighted by molar-refractivity contribution is 4.82. The SMILES string of the molecule is CCC1CCCC2(C1)OCCO2. The van der Waals surface area contributed by atoms with Crippen molar-refractivity contribution in [3.8, 4) is 0 Å². The first-order chi connectivity index (χ1) is 5.85. The van der Waals surface area contributed by atoms with Crippen molar-refractivity contribution < 1.29 is 9.47 Å². The summed E-state index contributed by atoms with van der Waals surface area (Å²) in [6.45, 7) is 3.87. The first-order valence-electron chi connectivity index (χ1n) is 5.12. The van der Waals surface area contributed by atoms with Gasteiger partial charge in [0.1, 0.15) is 0 Å². The van der Waals surface area contributed by atoms with Crippen molar-refractivity contribution in [2.75, 3.05) is 13.2 Å². The Morgan fingerprint density at radius 1 is 1.33 bits per heavy atom. The van der Waals surface area contributed by atoms with Crippen molar-refractivity contribution in [3.05, 3.63) is 0 Å². The van der Waals surface area contributed by atoms with E-state index in [0.29, 0.717) is 0 Å². The van der Waals surface area contributed by atoms with Crippen LogP contribution in [0.4, 0.5) is 0 Å². The Labute approximate surface area is 74.2 Å². The second-order valence-electron chi connectivity index (χ2n) is 3.98. The third-order valence-electron chi connectivity index (χ3n) is 3.16. The third-order valence-corrected chi connectivity index (χ3v) is 3.16. The molecule has 1 spiro atoms. The Morgan fingerprint density at radius 3 is 2.75 bits per heavy atom. The molecule has 12 heavy (non-hydrogen) atoms. The standard InChI is InChI=1S/C10H18O2/c1-2-9-4-3-5-10(8-9)11-6-7-12-10/h9H,2-8H2,1H3. The number of hydrogen-bond acceptors (Lipinski definition) is 2. The first-order valence-corrected chi connectivity index (χ1v) is 5.12. The van der Waals surface area contributed by atoms with E-state index >= 15 is 0 Å². The molecule has 0 aromatic rings. The third kappa shape index (κ3) is 1.50. The summed E-state index contributed by atoms with van der Waals surface area (Å²) in [4.78, 5) is 0. The van der Waals surface area contributed by atoms with Gasteiger partial charge in [-0.2, -0.15) is 0 Å².